The van der Waals surface area contributed by atoms with Crippen molar-refractivity contribution in [3.05, 3.63) is 59.2 Å². The summed E-state index contributed by atoms with van der Waals surface area (Å²) in [6.45, 7) is 10.4. The van der Waals surface area contributed by atoms with Crippen molar-refractivity contribution in [1.82, 2.24) is 5.32 Å². The third kappa shape index (κ3) is 7.10. The fraction of sp³-hybridized carbons (Fsp3) is 0.480. The van der Waals surface area contributed by atoms with E-state index in [4.69, 9.17) is 0 Å². The van der Waals surface area contributed by atoms with Crippen LogP contribution >= 0.6 is 0 Å². The Morgan fingerprint density at radius 3 is 2.13 bits per heavy atom. The number of unbranched alkanes of at least 4 members (excludes halogenated alkanes) is 1. The van der Waals surface area contributed by atoms with Crippen LogP contribution in [-0.2, 0) is 14.8 Å². The highest BCUT2D eigenvalue weighted by Gasteiger charge is 2.27. The predicted octanol–water partition coefficient (Wildman–Crippen LogP) is 5.14. The van der Waals surface area contributed by atoms with Crippen LogP contribution < -0.4 is 9.62 Å². The quantitative estimate of drug-likeness (QED) is 0.522. The molecule has 2 aromatic rings. The van der Waals surface area contributed by atoms with Crippen molar-refractivity contribution in [3.8, 4) is 0 Å². The van der Waals surface area contributed by atoms with Gasteiger partial charge in [-0.25, -0.2) is 8.42 Å². The maximum absolute atomic E-state index is 13.5. The molecule has 0 spiro atoms. The average Bonchev–Trinajstić information content (AvgIpc) is 2.71. The molecule has 0 aromatic heterocycles. The van der Waals surface area contributed by atoms with Gasteiger partial charge in [0.05, 0.1) is 10.6 Å². The van der Waals surface area contributed by atoms with Gasteiger partial charge in [-0.1, -0.05) is 56.9 Å². The molecule has 31 heavy (non-hydrogen) atoms. The van der Waals surface area contributed by atoms with Crippen molar-refractivity contribution >= 4 is 21.6 Å². The van der Waals surface area contributed by atoms with Crippen LogP contribution in [0.2, 0.25) is 0 Å². The minimum atomic E-state index is -3.89. The molecular weight excluding hydrogens is 408 g/mol. The monoisotopic (exact) mass is 444 g/mol. The number of benzene rings is 2. The number of nitrogens with one attached hydrogen (secondary N) is 1. The maximum Gasteiger partial charge on any atom is 0.264 e. The van der Waals surface area contributed by atoms with Gasteiger partial charge in [0, 0.05) is 6.54 Å². The van der Waals surface area contributed by atoms with Crippen LogP contribution in [0.5, 0.6) is 0 Å². The average molecular weight is 445 g/mol. The van der Waals surface area contributed by atoms with Crippen LogP contribution in [0.15, 0.2) is 47.4 Å². The van der Waals surface area contributed by atoms with Gasteiger partial charge in [0.2, 0.25) is 5.91 Å². The lowest BCUT2D eigenvalue weighted by molar-refractivity contribution is -0.119. The second-order valence-electron chi connectivity index (χ2n) is 8.39. The van der Waals surface area contributed by atoms with E-state index in [2.05, 4.69) is 19.2 Å². The lowest BCUT2D eigenvalue weighted by Crippen LogP contribution is -2.42. The first-order valence-electron chi connectivity index (χ1n) is 11.1. The molecule has 1 unspecified atom stereocenters. The Hall–Kier alpha value is -2.34. The summed E-state index contributed by atoms with van der Waals surface area (Å²) in [7, 11) is -3.89. The Bertz CT molecular complexity index is 949. The topological polar surface area (TPSA) is 66.5 Å². The molecule has 0 aliphatic heterocycles. The van der Waals surface area contributed by atoms with E-state index in [1.165, 1.54) is 4.31 Å². The van der Waals surface area contributed by atoms with Crippen LogP contribution in [0, 0.1) is 26.7 Å². The lowest BCUT2D eigenvalue weighted by Gasteiger charge is -2.25. The summed E-state index contributed by atoms with van der Waals surface area (Å²) in [6.07, 6.45) is 4.31. The number of hydrogen-bond acceptors (Lipinski definition) is 3. The zero-order chi connectivity index (χ0) is 23.0. The second-order valence-corrected chi connectivity index (χ2v) is 10.3. The summed E-state index contributed by atoms with van der Waals surface area (Å²) in [6, 6.07) is 12.3. The molecule has 6 heteroatoms. The predicted molar refractivity (Wildman–Crippen MR) is 128 cm³/mol. The molecule has 0 heterocycles. The van der Waals surface area contributed by atoms with Gasteiger partial charge in [-0.3, -0.25) is 9.10 Å². The number of carbonyl (C=O) groups excluding carboxylic acids is 1. The molecule has 0 bridgehead atoms. The van der Waals surface area contributed by atoms with Crippen molar-refractivity contribution in [2.24, 2.45) is 5.92 Å². The molecule has 0 saturated carbocycles. The molecular formula is C25H36N2O3S. The van der Waals surface area contributed by atoms with Gasteiger partial charge >= 0.3 is 0 Å². The number of anilines is 1. The number of nitrogens with zero attached hydrogens (tertiary/aromatic N) is 1. The Labute approximate surface area is 187 Å². The molecule has 0 radical (unpaired) electrons. The fourth-order valence-electron chi connectivity index (χ4n) is 3.63. The molecule has 170 valence electrons. The Morgan fingerprint density at radius 2 is 1.58 bits per heavy atom. The first-order valence-corrected chi connectivity index (χ1v) is 12.6. The summed E-state index contributed by atoms with van der Waals surface area (Å²) < 4.78 is 28.2. The van der Waals surface area contributed by atoms with E-state index < -0.39 is 10.0 Å². The minimum absolute atomic E-state index is 0.180. The molecule has 0 saturated heterocycles. The van der Waals surface area contributed by atoms with E-state index in [1.54, 1.807) is 24.3 Å². The number of sulfonamides is 1. The van der Waals surface area contributed by atoms with Crippen LogP contribution in [0.3, 0.4) is 0 Å². The molecule has 2 rings (SSSR count). The number of hydrogen-bond donors (Lipinski definition) is 1. The summed E-state index contributed by atoms with van der Waals surface area (Å²) in [5, 5.41) is 2.96. The Balaban J connectivity index is 2.30. The van der Waals surface area contributed by atoms with E-state index >= 15 is 0 Å². The molecule has 0 fully saturated rings. The standard InChI is InChI=1S/C25H36N2O3S/c1-6-8-9-22(7-2)17-26-25(28)18-27(23-15-20(4)14-21(5)16-23)31(29,30)24-12-10-19(3)11-13-24/h10-16,22H,6-9,17-18H2,1-5H3,(H,26,28). The van der Waals surface area contributed by atoms with E-state index in [9.17, 15) is 13.2 Å². The highest BCUT2D eigenvalue weighted by Crippen LogP contribution is 2.26. The molecule has 1 atom stereocenters. The largest absolute Gasteiger partial charge is 0.354 e. The number of rotatable bonds is 11. The highest BCUT2D eigenvalue weighted by molar-refractivity contribution is 7.92. The highest BCUT2D eigenvalue weighted by atomic mass is 32.2. The van der Waals surface area contributed by atoms with Crippen molar-refractivity contribution in [2.75, 3.05) is 17.4 Å². The third-order valence-corrected chi connectivity index (χ3v) is 7.31. The molecule has 1 amide bonds. The van der Waals surface area contributed by atoms with Crippen molar-refractivity contribution in [3.63, 3.8) is 0 Å². The molecule has 2 aromatic carbocycles. The van der Waals surface area contributed by atoms with Crippen LogP contribution in [-0.4, -0.2) is 27.4 Å². The maximum atomic E-state index is 13.5. The minimum Gasteiger partial charge on any atom is -0.354 e. The fourth-order valence-corrected chi connectivity index (χ4v) is 5.04. The summed E-state index contributed by atoms with van der Waals surface area (Å²) in [5.74, 6) is 0.122. The Kier molecular flexibility index (Phi) is 9.11. The Morgan fingerprint density at radius 1 is 0.968 bits per heavy atom. The van der Waals surface area contributed by atoms with Gasteiger partial charge in [-0.05, 0) is 68.5 Å². The molecule has 5 nitrogen and oxygen atoms in total. The number of amides is 1. The van der Waals surface area contributed by atoms with Gasteiger partial charge in [-0.2, -0.15) is 0 Å². The number of aryl methyl sites for hydroxylation is 3. The van der Waals surface area contributed by atoms with E-state index in [-0.39, 0.29) is 17.3 Å². The van der Waals surface area contributed by atoms with Gasteiger partial charge in [-0.15, -0.1) is 0 Å². The van der Waals surface area contributed by atoms with Gasteiger partial charge < -0.3 is 5.32 Å². The van der Waals surface area contributed by atoms with Gasteiger partial charge in [0.15, 0.2) is 0 Å². The van der Waals surface area contributed by atoms with Crippen LogP contribution in [0.25, 0.3) is 0 Å². The van der Waals surface area contributed by atoms with E-state index in [0.717, 1.165) is 42.4 Å². The van der Waals surface area contributed by atoms with Gasteiger partial charge in [0.25, 0.3) is 10.0 Å². The normalized spacial score (nSPS) is 12.4. The SMILES string of the molecule is CCCCC(CC)CNC(=O)CN(c1cc(C)cc(C)c1)S(=O)(=O)c1ccc(C)cc1. The van der Waals surface area contributed by atoms with Crippen molar-refractivity contribution in [1.29, 1.82) is 0 Å². The third-order valence-electron chi connectivity index (χ3n) is 5.52. The molecule has 0 aliphatic carbocycles. The summed E-state index contributed by atoms with van der Waals surface area (Å²) in [5.41, 5.74) is 3.38. The zero-order valence-electron chi connectivity index (χ0n) is 19.4. The van der Waals surface area contributed by atoms with Crippen LogP contribution in [0.4, 0.5) is 5.69 Å². The van der Waals surface area contributed by atoms with Crippen molar-refractivity contribution in [2.45, 2.75) is 65.2 Å². The first kappa shape index (κ1) is 24.9. The van der Waals surface area contributed by atoms with Crippen LogP contribution in [0.1, 0.15) is 56.2 Å². The lowest BCUT2D eigenvalue weighted by atomic mass is 9.99. The number of carbonyl (C=O) groups is 1. The molecule has 0 aliphatic rings. The van der Waals surface area contributed by atoms with Gasteiger partial charge in [0.1, 0.15) is 6.54 Å². The first-order chi connectivity index (χ1) is 14.7. The smallest absolute Gasteiger partial charge is 0.264 e. The second kappa shape index (κ2) is 11.3. The van der Waals surface area contributed by atoms with E-state index in [0.29, 0.717) is 18.2 Å². The van der Waals surface area contributed by atoms with E-state index in [1.807, 2.05) is 39.0 Å². The summed E-state index contributed by atoms with van der Waals surface area (Å²) >= 11 is 0. The zero-order valence-corrected chi connectivity index (χ0v) is 20.3. The summed E-state index contributed by atoms with van der Waals surface area (Å²) in [4.78, 5) is 13.0. The van der Waals surface area contributed by atoms with Crippen molar-refractivity contribution < 1.29 is 13.2 Å². The molecule has 1 N–H and O–H groups in total.